The first-order valence-electron chi connectivity index (χ1n) is 11.0. The molecule has 0 bridgehead atoms. The molecule has 4 N–H and O–H groups in total. The van der Waals surface area contributed by atoms with E-state index in [0.717, 1.165) is 28.8 Å². The summed E-state index contributed by atoms with van der Waals surface area (Å²) in [6, 6.07) is 6.69. The van der Waals surface area contributed by atoms with Gasteiger partial charge >= 0.3 is 6.18 Å². The van der Waals surface area contributed by atoms with Gasteiger partial charge in [0.25, 0.3) is 11.8 Å². The van der Waals surface area contributed by atoms with Crippen molar-refractivity contribution >= 4 is 40.1 Å². The van der Waals surface area contributed by atoms with E-state index < -0.39 is 35.4 Å². The number of alkyl halides is 3. The molecule has 4 aromatic rings. The van der Waals surface area contributed by atoms with Gasteiger partial charge in [-0.25, -0.2) is 4.68 Å². The molecule has 1 aliphatic heterocycles. The molecule has 198 valence electrons. The minimum atomic E-state index is -4.70. The van der Waals surface area contributed by atoms with E-state index in [1.54, 1.807) is 6.07 Å². The predicted octanol–water partition coefficient (Wildman–Crippen LogP) is 1.53. The van der Waals surface area contributed by atoms with Gasteiger partial charge in [-0.2, -0.15) is 18.3 Å². The van der Waals surface area contributed by atoms with Crippen molar-refractivity contribution in [2.24, 2.45) is 0 Å². The number of carbonyl (C=O) groups excluding carboxylic acids is 2. The molecule has 1 aliphatic rings. The summed E-state index contributed by atoms with van der Waals surface area (Å²) in [5, 5.41) is 28.3. The standard InChI is InChI=1S/C22H19F3N8O5/c1-21(36,20(35)28-11-2-3-13-14(8-11)38-31-18(13)26)17-19(34)32(6-7-37-17)16-4-5-33(30-16)12-9-15(22(23,24)25)29-27-10-12/h2-5,8-10,17,36H,6-7H2,1H3,(H2,26,31)(H,28,35). The van der Waals surface area contributed by atoms with Crippen LogP contribution in [0.2, 0.25) is 0 Å². The molecule has 1 aromatic carbocycles. The van der Waals surface area contributed by atoms with E-state index >= 15 is 0 Å². The molecule has 13 nitrogen and oxygen atoms in total. The number of nitrogen functional groups attached to an aromatic ring is 1. The first-order valence-corrected chi connectivity index (χ1v) is 11.0. The van der Waals surface area contributed by atoms with Crippen molar-refractivity contribution < 1.29 is 37.1 Å². The monoisotopic (exact) mass is 532 g/mol. The Kier molecular flexibility index (Phi) is 5.99. The van der Waals surface area contributed by atoms with E-state index in [-0.39, 0.29) is 36.2 Å². The zero-order valence-corrected chi connectivity index (χ0v) is 19.5. The fraction of sp³-hybridized carbons (Fsp3) is 0.273. The highest BCUT2D eigenvalue weighted by Gasteiger charge is 2.49. The topological polar surface area (TPSA) is 175 Å². The molecule has 0 saturated carbocycles. The summed E-state index contributed by atoms with van der Waals surface area (Å²) in [7, 11) is 0. The van der Waals surface area contributed by atoms with E-state index in [0.29, 0.717) is 11.0 Å². The fourth-order valence-electron chi connectivity index (χ4n) is 3.85. The zero-order valence-electron chi connectivity index (χ0n) is 19.5. The Balaban J connectivity index is 1.34. The van der Waals surface area contributed by atoms with Crippen LogP contribution in [0, 0.1) is 0 Å². The number of morpholine rings is 1. The van der Waals surface area contributed by atoms with Crippen LogP contribution in [0.5, 0.6) is 0 Å². The molecule has 1 saturated heterocycles. The molecular formula is C22H19F3N8O5. The first-order chi connectivity index (χ1) is 17.9. The number of nitrogens with zero attached hydrogens (tertiary/aromatic N) is 6. The summed E-state index contributed by atoms with van der Waals surface area (Å²) < 4.78 is 50.6. The van der Waals surface area contributed by atoms with Crippen molar-refractivity contribution in [3.8, 4) is 5.69 Å². The van der Waals surface area contributed by atoms with Crippen molar-refractivity contribution in [2.75, 3.05) is 29.1 Å². The maximum absolute atomic E-state index is 13.2. The highest BCUT2D eigenvalue weighted by atomic mass is 19.4. The molecule has 0 aliphatic carbocycles. The van der Waals surface area contributed by atoms with Gasteiger partial charge in [-0.1, -0.05) is 5.16 Å². The lowest BCUT2D eigenvalue weighted by molar-refractivity contribution is -0.165. The van der Waals surface area contributed by atoms with Gasteiger partial charge in [-0.3, -0.25) is 14.5 Å². The number of ether oxygens (including phenoxy) is 1. The third kappa shape index (κ3) is 4.50. The average molecular weight is 532 g/mol. The molecular weight excluding hydrogens is 513 g/mol. The van der Waals surface area contributed by atoms with Gasteiger partial charge in [0.05, 0.1) is 30.4 Å². The van der Waals surface area contributed by atoms with Crippen LogP contribution in [-0.4, -0.2) is 66.9 Å². The molecule has 4 heterocycles. The minimum absolute atomic E-state index is 0.0238. The number of rotatable bonds is 5. The van der Waals surface area contributed by atoms with Crippen molar-refractivity contribution in [1.29, 1.82) is 0 Å². The van der Waals surface area contributed by atoms with Crippen LogP contribution in [0.25, 0.3) is 16.7 Å². The van der Waals surface area contributed by atoms with E-state index in [1.165, 1.54) is 24.4 Å². The number of nitrogens with two attached hydrogens (primary N) is 1. The number of carbonyl (C=O) groups is 2. The Morgan fingerprint density at radius 1 is 1.26 bits per heavy atom. The van der Waals surface area contributed by atoms with Gasteiger partial charge < -0.3 is 25.4 Å². The number of amides is 2. The van der Waals surface area contributed by atoms with Crippen LogP contribution >= 0.6 is 0 Å². The number of halogens is 3. The van der Waals surface area contributed by atoms with E-state index in [4.69, 9.17) is 15.0 Å². The Labute approximate surface area is 210 Å². The summed E-state index contributed by atoms with van der Waals surface area (Å²) in [6.07, 6.45) is -3.89. The molecule has 2 unspecified atom stereocenters. The van der Waals surface area contributed by atoms with Gasteiger partial charge in [0.1, 0.15) is 0 Å². The van der Waals surface area contributed by atoms with Crippen LogP contribution in [-0.2, 0) is 20.5 Å². The number of hydrogen-bond acceptors (Lipinski definition) is 10. The zero-order chi connectivity index (χ0) is 27.2. The number of hydrogen-bond donors (Lipinski definition) is 3. The lowest BCUT2D eigenvalue weighted by atomic mass is 9.95. The molecule has 1 fully saturated rings. The number of aliphatic hydroxyl groups is 1. The normalized spacial score (nSPS) is 18.0. The maximum atomic E-state index is 13.2. The van der Waals surface area contributed by atoms with E-state index in [9.17, 15) is 27.9 Å². The summed E-state index contributed by atoms with van der Waals surface area (Å²) in [5.74, 6) is -1.46. The van der Waals surface area contributed by atoms with Gasteiger partial charge in [0, 0.05) is 24.0 Å². The van der Waals surface area contributed by atoms with E-state index in [2.05, 4.69) is 25.8 Å². The van der Waals surface area contributed by atoms with Crippen molar-refractivity contribution in [2.45, 2.75) is 24.8 Å². The molecule has 38 heavy (non-hydrogen) atoms. The maximum Gasteiger partial charge on any atom is 0.435 e. The second-order valence-electron chi connectivity index (χ2n) is 8.54. The van der Waals surface area contributed by atoms with E-state index in [1.807, 2.05) is 0 Å². The molecule has 0 radical (unpaired) electrons. The highest BCUT2D eigenvalue weighted by molar-refractivity contribution is 6.06. The summed E-state index contributed by atoms with van der Waals surface area (Å²) >= 11 is 0. The number of benzene rings is 1. The van der Waals surface area contributed by atoms with Crippen LogP contribution < -0.4 is 16.0 Å². The van der Waals surface area contributed by atoms with Crippen molar-refractivity contribution in [3.05, 3.63) is 48.4 Å². The third-order valence-corrected chi connectivity index (χ3v) is 5.86. The average Bonchev–Trinajstić information content (AvgIpc) is 3.51. The number of anilines is 3. The summed E-state index contributed by atoms with van der Waals surface area (Å²) in [6.45, 7) is 1.10. The van der Waals surface area contributed by atoms with Gasteiger partial charge in [-0.15, -0.1) is 10.2 Å². The highest BCUT2D eigenvalue weighted by Crippen LogP contribution is 2.29. The molecule has 3 aromatic heterocycles. The Hall–Kier alpha value is -4.57. The lowest BCUT2D eigenvalue weighted by Crippen LogP contribution is -2.61. The number of aromatic nitrogens is 5. The Morgan fingerprint density at radius 2 is 2.05 bits per heavy atom. The number of fused-ring (bicyclic) bond motifs is 1. The molecule has 5 rings (SSSR count). The summed E-state index contributed by atoms with van der Waals surface area (Å²) in [4.78, 5) is 27.4. The van der Waals surface area contributed by atoms with Crippen molar-refractivity contribution in [3.63, 3.8) is 0 Å². The summed E-state index contributed by atoms with van der Waals surface area (Å²) in [5.41, 5.74) is 2.68. The second kappa shape index (κ2) is 9.07. The molecule has 2 amide bonds. The quantitative estimate of drug-likeness (QED) is 0.342. The van der Waals surface area contributed by atoms with Gasteiger partial charge in [-0.05, 0) is 25.1 Å². The minimum Gasteiger partial charge on any atom is -0.380 e. The third-order valence-electron chi connectivity index (χ3n) is 5.86. The molecule has 16 heteroatoms. The van der Waals surface area contributed by atoms with Gasteiger partial charge in [0.15, 0.2) is 34.6 Å². The number of nitrogens with one attached hydrogen (secondary N) is 1. The molecule has 2 atom stereocenters. The van der Waals surface area contributed by atoms with Crippen LogP contribution in [0.15, 0.2) is 47.2 Å². The second-order valence-corrected chi connectivity index (χ2v) is 8.54. The Bertz CT molecular complexity index is 1530. The van der Waals surface area contributed by atoms with Crippen LogP contribution in [0.4, 0.5) is 30.5 Å². The smallest absolute Gasteiger partial charge is 0.380 e. The predicted molar refractivity (Wildman–Crippen MR) is 124 cm³/mol. The van der Waals surface area contributed by atoms with Crippen molar-refractivity contribution in [1.82, 2.24) is 25.1 Å². The van der Waals surface area contributed by atoms with Crippen LogP contribution in [0.3, 0.4) is 0 Å². The SMILES string of the molecule is CC(O)(C(=O)Nc1ccc2c(N)noc2c1)C1OCCN(c2ccn(-c3cnnc(C(F)(F)F)c3)n2)C1=O. The lowest BCUT2D eigenvalue weighted by Gasteiger charge is -2.37. The molecule has 0 spiro atoms. The largest absolute Gasteiger partial charge is 0.435 e. The Morgan fingerprint density at radius 3 is 2.82 bits per heavy atom. The fourth-order valence-corrected chi connectivity index (χ4v) is 3.85. The van der Waals surface area contributed by atoms with Crippen LogP contribution in [0.1, 0.15) is 12.6 Å². The first kappa shape index (κ1) is 25.1. The van der Waals surface area contributed by atoms with Gasteiger partial charge in [0.2, 0.25) is 0 Å².